The summed E-state index contributed by atoms with van der Waals surface area (Å²) in [4.78, 5) is 0. The van der Waals surface area contributed by atoms with E-state index in [1.807, 2.05) is 0 Å². The SMILES string of the molecule is Cc1cc(-c2ccc(C34CC(C)CC(CC(C)C3)C4)cc2)c2oc3ccccc3c2c1. The number of hydrogen-bond donors (Lipinski definition) is 0. The minimum absolute atomic E-state index is 0.389. The summed E-state index contributed by atoms with van der Waals surface area (Å²) in [6.45, 7) is 7.12. The van der Waals surface area contributed by atoms with Crippen LogP contribution in [0.5, 0.6) is 0 Å². The molecule has 0 N–H and O–H groups in total. The zero-order valence-electron chi connectivity index (χ0n) is 18.9. The van der Waals surface area contributed by atoms with Crippen LogP contribution in [0.25, 0.3) is 33.1 Å². The van der Waals surface area contributed by atoms with Crippen LogP contribution in [0.2, 0.25) is 0 Å². The Bertz CT molecular complexity index is 1240. The highest BCUT2D eigenvalue weighted by atomic mass is 16.3. The summed E-state index contributed by atoms with van der Waals surface area (Å²) < 4.78 is 6.33. The second-order valence-corrected chi connectivity index (χ2v) is 10.8. The molecule has 31 heavy (non-hydrogen) atoms. The van der Waals surface area contributed by atoms with Crippen LogP contribution in [0.1, 0.15) is 57.1 Å². The zero-order chi connectivity index (χ0) is 21.2. The Morgan fingerprint density at radius 2 is 1.52 bits per heavy atom. The van der Waals surface area contributed by atoms with Crippen molar-refractivity contribution in [2.45, 2.75) is 58.3 Å². The second kappa shape index (κ2) is 6.99. The van der Waals surface area contributed by atoms with Crippen LogP contribution < -0.4 is 0 Å². The monoisotopic (exact) mass is 408 g/mol. The van der Waals surface area contributed by atoms with Crippen LogP contribution in [-0.2, 0) is 5.41 Å². The van der Waals surface area contributed by atoms with Crippen LogP contribution in [0.15, 0.2) is 65.1 Å². The maximum absolute atomic E-state index is 6.33. The average molecular weight is 409 g/mol. The number of hydrogen-bond acceptors (Lipinski definition) is 1. The normalized spacial score (nSPS) is 28.3. The molecule has 1 heterocycles. The molecule has 0 amide bonds. The van der Waals surface area contributed by atoms with Crippen LogP contribution in [0.4, 0.5) is 0 Å². The molecule has 4 aromatic rings. The van der Waals surface area contributed by atoms with E-state index in [1.54, 1.807) is 5.56 Å². The van der Waals surface area contributed by atoms with Gasteiger partial charge in [0, 0.05) is 16.3 Å². The third-order valence-electron chi connectivity index (χ3n) is 8.06. The zero-order valence-corrected chi connectivity index (χ0v) is 18.9. The van der Waals surface area contributed by atoms with Gasteiger partial charge in [-0.2, -0.15) is 0 Å². The fourth-order valence-electron chi connectivity index (χ4n) is 7.25. The van der Waals surface area contributed by atoms with Crippen molar-refractivity contribution < 1.29 is 4.42 Å². The van der Waals surface area contributed by atoms with Gasteiger partial charge >= 0.3 is 0 Å². The Morgan fingerprint density at radius 3 is 2.26 bits per heavy atom. The van der Waals surface area contributed by atoms with E-state index in [-0.39, 0.29) is 0 Å². The van der Waals surface area contributed by atoms with Crippen molar-refractivity contribution in [3.63, 3.8) is 0 Å². The first-order valence-corrected chi connectivity index (χ1v) is 12.0. The predicted octanol–water partition coefficient (Wildman–Crippen LogP) is 8.67. The Kier molecular flexibility index (Phi) is 4.32. The quantitative estimate of drug-likeness (QED) is 0.323. The number of rotatable bonds is 2. The van der Waals surface area contributed by atoms with Crippen molar-refractivity contribution in [2.24, 2.45) is 17.8 Å². The first-order valence-electron chi connectivity index (χ1n) is 12.0. The maximum Gasteiger partial charge on any atom is 0.143 e. The van der Waals surface area contributed by atoms with Crippen molar-refractivity contribution in [3.05, 3.63) is 71.8 Å². The fraction of sp³-hybridized carbons (Fsp3) is 0.400. The molecule has 2 aliphatic carbocycles. The van der Waals surface area contributed by atoms with Crippen molar-refractivity contribution in [1.29, 1.82) is 0 Å². The smallest absolute Gasteiger partial charge is 0.143 e. The minimum atomic E-state index is 0.389. The number of para-hydroxylation sites is 1. The van der Waals surface area contributed by atoms with Crippen molar-refractivity contribution in [3.8, 4) is 11.1 Å². The summed E-state index contributed by atoms with van der Waals surface area (Å²) in [7, 11) is 0. The van der Waals surface area contributed by atoms with Gasteiger partial charge in [-0.25, -0.2) is 0 Å². The Hall–Kier alpha value is -2.54. The maximum atomic E-state index is 6.33. The van der Waals surface area contributed by atoms with E-state index in [0.29, 0.717) is 5.41 Å². The molecule has 2 bridgehead atoms. The van der Waals surface area contributed by atoms with Crippen molar-refractivity contribution >= 4 is 21.9 Å². The molecule has 0 spiro atoms. The summed E-state index contributed by atoms with van der Waals surface area (Å²) >= 11 is 0. The lowest BCUT2D eigenvalue weighted by Crippen LogP contribution is -2.42. The first kappa shape index (κ1) is 19.2. The number of benzene rings is 3. The van der Waals surface area contributed by atoms with E-state index >= 15 is 0 Å². The molecule has 2 atom stereocenters. The Morgan fingerprint density at radius 1 is 0.806 bits per heavy atom. The lowest BCUT2D eigenvalue weighted by Gasteiger charge is -2.50. The highest BCUT2D eigenvalue weighted by Crippen LogP contribution is 2.54. The topological polar surface area (TPSA) is 13.1 Å². The van der Waals surface area contributed by atoms with E-state index < -0.39 is 0 Å². The number of fused-ring (bicyclic) bond motifs is 5. The summed E-state index contributed by atoms with van der Waals surface area (Å²) in [6.07, 6.45) is 6.95. The molecular weight excluding hydrogens is 376 g/mol. The van der Waals surface area contributed by atoms with Gasteiger partial charge < -0.3 is 4.42 Å². The van der Waals surface area contributed by atoms with Gasteiger partial charge in [0.25, 0.3) is 0 Å². The molecule has 2 aliphatic rings. The molecule has 6 rings (SSSR count). The highest BCUT2D eigenvalue weighted by Gasteiger charge is 2.45. The van der Waals surface area contributed by atoms with E-state index in [0.717, 1.165) is 28.9 Å². The van der Waals surface area contributed by atoms with E-state index in [1.165, 1.54) is 59.6 Å². The van der Waals surface area contributed by atoms with E-state index in [4.69, 9.17) is 4.42 Å². The van der Waals surface area contributed by atoms with Gasteiger partial charge in [-0.1, -0.05) is 56.3 Å². The molecule has 0 radical (unpaired) electrons. The molecule has 2 unspecified atom stereocenters. The van der Waals surface area contributed by atoms with Gasteiger partial charge in [0.05, 0.1) is 0 Å². The lowest BCUT2D eigenvalue weighted by atomic mass is 9.54. The Labute approximate surface area is 185 Å². The van der Waals surface area contributed by atoms with E-state index in [9.17, 15) is 0 Å². The van der Waals surface area contributed by atoms with Gasteiger partial charge in [0.2, 0.25) is 0 Å². The van der Waals surface area contributed by atoms with Gasteiger partial charge in [0.15, 0.2) is 0 Å². The van der Waals surface area contributed by atoms with Crippen molar-refractivity contribution in [2.75, 3.05) is 0 Å². The average Bonchev–Trinajstić information content (AvgIpc) is 3.11. The number of furan rings is 1. The lowest BCUT2D eigenvalue weighted by molar-refractivity contribution is 0.0780. The standard InChI is InChI=1S/C30H32O/c1-19-14-26(29-27(15-19)25-6-4-5-7-28(25)31-29)23-8-10-24(11-9-23)30-16-20(2)12-22(18-30)13-21(3)17-30/h4-11,14-15,20-22H,12-13,16-18H2,1-3H3. The minimum Gasteiger partial charge on any atom is -0.455 e. The third kappa shape index (κ3) is 3.13. The first-order chi connectivity index (χ1) is 15.0. The molecule has 0 saturated heterocycles. The van der Waals surface area contributed by atoms with Gasteiger partial charge in [-0.05, 0) is 97.1 Å². The molecule has 2 fully saturated rings. The predicted molar refractivity (Wildman–Crippen MR) is 130 cm³/mol. The summed E-state index contributed by atoms with van der Waals surface area (Å²) in [5.74, 6) is 2.61. The van der Waals surface area contributed by atoms with Crippen LogP contribution in [0.3, 0.4) is 0 Å². The fourth-order valence-corrected chi connectivity index (χ4v) is 7.25. The molecular formula is C30H32O. The van der Waals surface area contributed by atoms with Gasteiger partial charge in [0.1, 0.15) is 11.2 Å². The second-order valence-electron chi connectivity index (χ2n) is 10.8. The van der Waals surface area contributed by atoms with Gasteiger partial charge in [-0.3, -0.25) is 0 Å². The molecule has 3 aromatic carbocycles. The van der Waals surface area contributed by atoms with Crippen LogP contribution in [0, 0.1) is 24.7 Å². The van der Waals surface area contributed by atoms with Crippen LogP contribution in [-0.4, -0.2) is 0 Å². The molecule has 1 heteroatoms. The molecule has 2 saturated carbocycles. The van der Waals surface area contributed by atoms with Crippen molar-refractivity contribution in [1.82, 2.24) is 0 Å². The summed E-state index contributed by atoms with van der Waals surface area (Å²) in [5.41, 5.74) is 7.68. The van der Waals surface area contributed by atoms with Gasteiger partial charge in [-0.15, -0.1) is 0 Å². The van der Waals surface area contributed by atoms with Crippen LogP contribution >= 0.6 is 0 Å². The Balaban J connectivity index is 1.44. The largest absolute Gasteiger partial charge is 0.455 e. The molecule has 158 valence electrons. The molecule has 1 aromatic heterocycles. The summed E-state index contributed by atoms with van der Waals surface area (Å²) in [6, 6.07) is 22.5. The summed E-state index contributed by atoms with van der Waals surface area (Å²) in [5, 5.41) is 2.43. The van der Waals surface area contributed by atoms with E-state index in [2.05, 4.69) is 81.4 Å². The molecule has 0 aliphatic heterocycles. The molecule has 1 nitrogen and oxygen atoms in total. The third-order valence-corrected chi connectivity index (χ3v) is 8.06. The highest BCUT2D eigenvalue weighted by molar-refractivity contribution is 6.09. The number of aryl methyl sites for hydroxylation is 1.